The molecule has 0 aromatic rings. The maximum absolute atomic E-state index is 3.74. The van der Waals surface area contributed by atoms with E-state index in [0.29, 0.717) is 6.04 Å². The van der Waals surface area contributed by atoms with Gasteiger partial charge in [0.2, 0.25) is 0 Å². The van der Waals surface area contributed by atoms with Crippen molar-refractivity contribution in [1.82, 2.24) is 5.32 Å². The number of aliphatic imine (C=N–C) groups is 1. The van der Waals surface area contributed by atoms with Gasteiger partial charge < -0.3 is 5.32 Å². The fourth-order valence-electron chi connectivity index (χ4n) is 0.224. The molecule has 0 bridgehead atoms. The van der Waals surface area contributed by atoms with E-state index in [1.54, 1.807) is 13.4 Å². The molecule has 0 heterocycles. The monoisotopic (exact) mass is 100 g/mol. The van der Waals surface area contributed by atoms with Gasteiger partial charge >= 0.3 is 0 Å². The number of hydrogen-bond donors (Lipinski definition) is 1. The number of nitrogens with one attached hydrogen (secondary N) is 1. The van der Waals surface area contributed by atoms with Gasteiger partial charge in [-0.15, -0.1) is 0 Å². The quantitative estimate of drug-likeness (QED) is 0.399. The predicted molar refractivity (Wildman–Crippen MR) is 32.7 cm³/mol. The van der Waals surface area contributed by atoms with Crippen LogP contribution in [0.15, 0.2) is 4.99 Å². The highest BCUT2D eigenvalue weighted by molar-refractivity contribution is 5.54. The molecule has 2 nitrogen and oxygen atoms in total. The first-order valence-electron chi connectivity index (χ1n) is 2.44. The van der Waals surface area contributed by atoms with Crippen LogP contribution < -0.4 is 5.32 Å². The zero-order valence-electron chi connectivity index (χ0n) is 5.10. The van der Waals surface area contributed by atoms with Crippen molar-refractivity contribution in [3.63, 3.8) is 0 Å². The fourth-order valence-corrected chi connectivity index (χ4v) is 0.224. The molecule has 0 fully saturated rings. The molecule has 0 rings (SSSR count). The molecule has 1 N–H and O–H groups in total. The van der Waals surface area contributed by atoms with Crippen molar-refractivity contribution >= 4 is 6.34 Å². The summed E-state index contributed by atoms with van der Waals surface area (Å²) < 4.78 is 0. The Balaban J connectivity index is 2.97. The van der Waals surface area contributed by atoms with E-state index in [9.17, 15) is 0 Å². The Morgan fingerprint density at radius 3 is 2.29 bits per heavy atom. The van der Waals surface area contributed by atoms with Gasteiger partial charge in [-0.05, 0) is 13.8 Å². The third-order valence-electron chi connectivity index (χ3n) is 0.537. The average Bonchev–Trinajstić information content (AvgIpc) is 1.61. The van der Waals surface area contributed by atoms with E-state index in [1.807, 2.05) is 0 Å². The van der Waals surface area contributed by atoms with Crippen LogP contribution >= 0.6 is 0 Å². The van der Waals surface area contributed by atoms with Crippen LogP contribution in [0.25, 0.3) is 0 Å². The molecule has 2 heteroatoms. The van der Waals surface area contributed by atoms with Gasteiger partial charge in [0, 0.05) is 13.1 Å². The van der Waals surface area contributed by atoms with E-state index in [2.05, 4.69) is 24.2 Å². The first kappa shape index (κ1) is 6.47. The van der Waals surface area contributed by atoms with Gasteiger partial charge in [0.1, 0.15) is 0 Å². The van der Waals surface area contributed by atoms with Crippen molar-refractivity contribution in [2.24, 2.45) is 4.99 Å². The molecule has 0 unspecified atom stereocenters. The van der Waals surface area contributed by atoms with Gasteiger partial charge in [0.15, 0.2) is 0 Å². The normalized spacial score (nSPS) is 10.9. The summed E-state index contributed by atoms with van der Waals surface area (Å²) in [7, 11) is 1.75. The Kier molecular flexibility index (Phi) is 3.38. The molecule has 0 aliphatic heterocycles. The second kappa shape index (κ2) is 3.65. The Hall–Kier alpha value is -0.530. The molecular formula is C5H12N2. The Labute approximate surface area is 44.6 Å². The van der Waals surface area contributed by atoms with Crippen LogP contribution in [-0.4, -0.2) is 19.4 Å². The van der Waals surface area contributed by atoms with Gasteiger partial charge in [0.25, 0.3) is 0 Å². The van der Waals surface area contributed by atoms with Crippen LogP contribution in [0.5, 0.6) is 0 Å². The summed E-state index contributed by atoms with van der Waals surface area (Å²) >= 11 is 0. The topological polar surface area (TPSA) is 24.4 Å². The number of rotatable bonds is 2. The van der Waals surface area contributed by atoms with Gasteiger partial charge in [-0.25, -0.2) is 0 Å². The van der Waals surface area contributed by atoms with Crippen LogP contribution in [0.3, 0.4) is 0 Å². The van der Waals surface area contributed by atoms with E-state index in [1.165, 1.54) is 0 Å². The van der Waals surface area contributed by atoms with E-state index in [-0.39, 0.29) is 0 Å². The van der Waals surface area contributed by atoms with Crippen molar-refractivity contribution < 1.29 is 0 Å². The SMILES string of the molecule is C/N=C/NC(C)C. The lowest BCUT2D eigenvalue weighted by Crippen LogP contribution is -2.19. The second-order valence-electron chi connectivity index (χ2n) is 1.71. The van der Waals surface area contributed by atoms with E-state index in [4.69, 9.17) is 0 Å². The molecule has 0 aromatic carbocycles. The maximum Gasteiger partial charge on any atom is 0.0822 e. The van der Waals surface area contributed by atoms with Crippen LogP contribution in [0.2, 0.25) is 0 Å². The minimum Gasteiger partial charge on any atom is -0.374 e. The Bertz CT molecular complexity index is 57.1. The van der Waals surface area contributed by atoms with Gasteiger partial charge in [-0.3, -0.25) is 4.99 Å². The minimum atomic E-state index is 0.503. The van der Waals surface area contributed by atoms with Crippen molar-refractivity contribution in [2.45, 2.75) is 19.9 Å². The van der Waals surface area contributed by atoms with Gasteiger partial charge in [0.05, 0.1) is 6.34 Å². The van der Waals surface area contributed by atoms with Gasteiger partial charge in [-0.1, -0.05) is 0 Å². The number of nitrogens with zero attached hydrogens (tertiary/aromatic N) is 1. The highest BCUT2D eigenvalue weighted by atomic mass is 14.9. The molecule has 42 valence electrons. The Morgan fingerprint density at radius 2 is 2.14 bits per heavy atom. The van der Waals surface area contributed by atoms with E-state index in [0.717, 1.165) is 0 Å². The zero-order chi connectivity index (χ0) is 5.70. The van der Waals surface area contributed by atoms with Gasteiger partial charge in [-0.2, -0.15) is 0 Å². The van der Waals surface area contributed by atoms with Crippen LogP contribution in [-0.2, 0) is 0 Å². The summed E-state index contributed by atoms with van der Waals surface area (Å²) in [5.74, 6) is 0. The van der Waals surface area contributed by atoms with Crippen molar-refractivity contribution in [3.8, 4) is 0 Å². The molecular weight excluding hydrogens is 88.1 g/mol. The third kappa shape index (κ3) is 5.47. The average molecular weight is 100 g/mol. The highest BCUT2D eigenvalue weighted by Crippen LogP contribution is 1.69. The lowest BCUT2D eigenvalue weighted by Gasteiger charge is -1.99. The highest BCUT2D eigenvalue weighted by Gasteiger charge is 1.80. The molecule has 0 aliphatic carbocycles. The third-order valence-corrected chi connectivity index (χ3v) is 0.537. The number of hydrogen-bond acceptors (Lipinski definition) is 1. The van der Waals surface area contributed by atoms with Crippen molar-refractivity contribution in [2.75, 3.05) is 7.05 Å². The summed E-state index contributed by atoms with van der Waals surface area (Å²) in [6, 6.07) is 0.503. The fraction of sp³-hybridized carbons (Fsp3) is 0.800. The molecule has 0 aliphatic rings. The smallest absolute Gasteiger partial charge is 0.0822 e. The molecule has 7 heavy (non-hydrogen) atoms. The molecule has 0 spiro atoms. The zero-order valence-corrected chi connectivity index (χ0v) is 5.10. The molecule has 0 aromatic heterocycles. The lowest BCUT2D eigenvalue weighted by atomic mass is 10.4. The maximum atomic E-state index is 3.74. The second-order valence-corrected chi connectivity index (χ2v) is 1.71. The first-order chi connectivity index (χ1) is 3.27. The molecule has 0 saturated carbocycles. The minimum absolute atomic E-state index is 0.503. The van der Waals surface area contributed by atoms with Crippen molar-refractivity contribution in [1.29, 1.82) is 0 Å². The lowest BCUT2D eigenvalue weighted by molar-refractivity contribution is 0.743. The summed E-state index contributed by atoms with van der Waals surface area (Å²) in [5, 5.41) is 3.00. The van der Waals surface area contributed by atoms with Crippen LogP contribution in [0.1, 0.15) is 13.8 Å². The van der Waals surface area contributed by atoms with E-state index >= 15 is 0 Å². The first-order valence-corrected chi connectivity index (χ1v) is 2.44. The van der Waals surface area contributed by atoms with Crippen LogP contribution in [0.4, 0.5) is 0 Å². The summed E-state index contributed by atoms with van der Waals surface area (Å²) in [5.41, 5.74) is 0. The Morgan fingerprint density at radius 1 is 1.57 bits per heavy atom. The standard InChI is InChI=1S/C5H12N2/c1-5(2)7-4-6-3/h4-5H,1-3H3,(H,6,7). The predicted octanol–water partition coefficient (Wildman–Crippen LogP) is 0.643. The molecule has 0 atom stereocenters. The molecule has 0 saturated heterocycles. The van der Waals surface area contributed by atoms with Crippen LogP contribution in [0, 0.1) is 0 Å². The summed E-state index contributed by atoms with van der Waals surface area (Å²) in [4.78, 5) is 3.74. The summed E-state index contributed by atoms with van der Waals surface area (Å²) in [6.45, 7) is 4.14. The van der Waals surface area contributed by atoms with E-state index < -0.39 is 0 Å². The summed E-state index contributed by atoms with van der Waals surface area (Å²) in [6.07, 6.45) is 1.70. The van der Waals surface area contributed by atoms with Crippen molar-refractivity contribution in [3.05, 3.63) is 0 Å². The molecule has 0 amide bonds. The molecule has 0 radical (unpaired) electrons. The largest absolute Gasteiger partial charge is 0.374 e.